The van der Waals surface area contributed by atoms with Crippen LogP contribution in [0.5, 0.6) is 0 Å². The Labute approximate surface area is 159 Å². The third kappa shape index (κ3) is 5.24. The van der Waals surface area contributed by atoms with Crippen LogP contribution >= 0.6 is 0 Å². The highest BCUT2D eigenvalue weighted by Crippen LogP contribution is 2.23. The highest BCUT2D eigenvalue weighted by molar-refractivity contribution is 5.69. The summed E-state index contributed by atoms with van der Waals surface area (Å²) >= 11 is 0. The number of hydrogen-bond acceptors (Lipinski definition) is 4. The molecule has 0 amide bonds. The van der Waals surface area contributed by atoms with Crippen molar-refractivity contribution in [3.8, 4) is 11.3 Å². The Hall–Kier alpha value is -2.99. The van der Waals surface area contributed by atoms with Crippen LogP contribution in [0.25, 0.3) is 11.3 Å². The van der Waals surface area contributed by atoms with Gasteiger partial charge in [0.15, 0.2) is 0 Å². The molecule has 0 aliphatic heterocycles. The van der Waals surface area contributed by atoms with E-state index >= 15 is 0 Å². The number of carboxylic acids is 1. The quantitative estimate of drug-likeness (QED) is 0.631. The Bertz CT molecular complexity index is 862. The lowest BCUT2D eigenvalue weighted by Gasteiger charge is -2.19. The summed E-state index contributed by atoms with van der Waals surface area (Å²) < 4.78 is 1.91. The van der Waals surface area contributed by atoms with E-state index in [1.165, 1.54) is 5.56 Å². The first-order valence-corrected chi connectivity index (χ1v) is 9.10. The molecule has 6 nitrogen and oxygen atoms in total. The fourth-order valence-corrected chi connectivity index (χ4v) is 3.14. The van der Waals surface area contributed by atoms with Gasteiger partial charge in [-0.2, -0.15) is 5.10 Å². The van der Waals surface area contributed by atoms with Crippen LogP contribution < -0.4 is 0 Å². The van der Waals surface area contributed by atoms with Crippen molar-refractivity contribution in [3.05, 3.63) is 72.2 Å². The summed E-state index contributed by atoms with van der Waals surface area (Å²) in [4.78, 5) is 17.3. The van der Waals surface area contributed by atoms with Gasteiger partial charge >= 0.3 is 5.97 Å². The molecule has 0 aliphatic rings. The first kappa shape index (κ1) is 18.8. The summed E-state index contributed by atoms with van der Waals surface area (Å²) in [7, 11) is 0. The van der Waals surface area contributed by atoms with E-state index in [1.54, 1.807) is 12.4 Å². The molecule has 0 atom stereocenters. The molecule has 1 N–H and O–H groups in total. The number of pyridine rings is 1. The molecule has 1 aromatic carbocycles. The van der Waals surface area contributed by atoms with E-state index in [4.69, 9.17) is 5.10 Å². The van der Waals surface area contributed by atoms with Crippen LogP contribution in [-0.2, 0) is 17.9 Å². The molecule has 3 aromatic rings. The smallest absolute Gasteiger partial charge is 0.317 e. The lowest BCUT2D eigenvalue weighted by atomic mass is 10.1. The van der Waals surface area contributed by atoms with Gasteiger partial charge < -0.3 is 5.11 Å². The molecule has 0 unspecified atom stereocenters. The lowest BCUT2D eigenvalue weighted by molar-refractivity contribution is -0.138. The number of hydrogen-bond donors (Lipinski definition) is 1. The molecule has 0 aliphatic carbocycles. The third-order valence-corrected chi connectivity index (χ3v) is 4.25. The molecular formula is C21H24N4O2. The molecule has 6 heteroatoms. The highest BCUT2D eigenvalue weighted by atomic mass is 16.4. The third-order valence-electron chi connectivity index (χ3n) is 4.25. The summed E-state index contributed by atoms with van der Waals surface area (Å²) in [6.45, 7) is 4.00. The summed E-state index contributed by atoms with van der Waals surface area (Å²) in [6.07, 6.45) is 6.44. The minimum absolute atomic E-state index is 0.0180. The highest BCUT2D eigenvalue weighted by Gasteiger charge is 2.16. The predicted molar refractivity (Wildman–Crippen MR) is 104 cm³/mol. The van der Waals surface area contributed by atoms with Gasteiger partial charge in [-0.25, -0.2) is 0 Å². The van der Waals surface area contributed by atoms with Crippen LogP contribution in [0.2, 0.25) is 0 Å². The van der Waals surface area contributed by atoms with Gasteiger partial charge in [0.05, 0.1) is 18.8 Å². The molecule has 2 heterocycles. The fraction of sp³-hybridized carbons (Fsp3) is 0.286. The van der Waals surface area contributed by atoms with Gasteiger partial charge in [0.2, 0.25) is 0 Å². The summed E-state index contributed by atoms with van der Waals surface area (Å²) in [5.74, 6) is -0.817. The van der Waals surface area contributed by atoms with Crippen molar-refractivity contribution in [2.45, 2.75) is 26.4 Å². The van der Waals surface area contributed by atoms with Crippen LogP contribution in [0, 0.1) is 0 Å². The average molecular weight is 364 g/mol. The van der Waals surface area contributed by atoms with E-state index in [0.29, 0.717) is 13.1 Å². The number of carbonyl (C=O) groups is 1. The van der Waals surface area contributed by atoms with Crippen molar-refractivity contribution >= 4 is 5.97 Å². The molecule has 0 radical (unpaired) electrons. The molecule has 2 aromatic heterocycles. The van der Waals surface area contributed by atoms with Crippen LogP contribution in [0.1, 0.15) is 24.5 Å². The number of nitrogens with zero attached hydrogens (tertiary/aromatic N) is 4. The van der Waals surface area contributed by atoms with Gasteiger partial charge in [-0.3, -0.25) is 19.4 Å². The van der Waals surface area contributed by atoms with Crippen molar-refractivity contribution < 1.29 is 9.90 Å². The Morgan fingerprint density at radius 3 is 2.67 bits per heavy atom. The molecule has 0 spiro atoms. The van der Waals surface area contributed by atoms with E-state index in [-0.39, 0.29) is 6.54 Å². The largest absolute Gasteiger partial charge is 0.480 e. The van der Waals surface area contributed by atoms with Crippen LogP contribution in [0.3, 0.4) is 0 Å². The Morgan fingerprint density at radius 1 is 1.19 bits per heavy atom. The number of benzene rings is 1. The van der Waals surface area contributed by atoms with E-state index in [0.717, 1.165) is 29.8 Å². The molecule has 27 heavy (non-hydrogen) atoms. The maximum absolute atomic E-state index is 11.2. The SMILES string of the molecule is CCCN(CC(=O)O)Cc1cn(Cc2ccccc2)nc1-c1cccnc1. The zero-order chi connectivity index (χ0) is 19.1. The molecule has 140 valence electrons. The first-order chi connectivity index (χ1) is 13.2. The molecular weight excluding hydrogens is 340 g/mol. The van der Waals surface area contributed by atoms with Crippen LogP contribution in [0.4, 0.5) is 0 Å². The second-order valence-corrected chi connectivity index (χ2v) is 6.53. The van der Waals surface area contributed by atoms with Gasteiger partial charge in [0.1, 0.15) is 0 Å². The zero-order valence-corrected chi connectivity index (χ0v) is 15.5. The number of aliphatic carboxylic acids is 1. The van der Waals surface area contributed by atoms with Gasteiger partial charge in [-0.15, -0.1) is 0 Å². The predicted octanol–water partition coefficient (Wildman–Crippen LogP) is 3.29. The first-order valence-electron chi connectivity index (χ1n) is 9.10. The second-order valence-electron chi connectivity index (χ2n) is 6.53. The van der Waals surface area contributed by atoms with E-state index < -0.39 is 5.97 Å². The van der Waals surface area contributed by atoms with E-state index in [9.17, 15) is 9.90 Å². The van der Waals surface area contributed by atoms with Crippen molar-refractivity contribution in [1.82, 2.24) is 19.7 Å². The van der Waals surface area contributed by atoms with Gasteiger partial charge in [-0.05, 0) is 30.7 Å². The van der Waals surface area contributed by atoms with Gasteiger partial charge in [0.25, 0.3) is 0 Å². The van der Waals surface area contributed by atoms with Crippen molar-refractivity contribution in [3.63, 3.8) is 0 Å². The van der Waals surface area contributed by atoms with Crippen LogP contribution in [-0.4, -0.2) is 43.8 Å². The second kappa shape index (κ2) is 9.09. The minimum Gasteiger partial charge on any atom is -0.480 e. The lowest BCUT2D eigenvalue weighted by Crippen LogP contribution is -2.30. The summed E-state index contributed by atoms with van der Waals surface area (Å²) in [5, 5.41) is 14.0. The Kier molecular flexibility index (Phi) is 6.33. The standard InChI is InChI=1S/C21H24N4O2/c1-2-11-24(16-20(26)27)14-19-15-25(13-17-7-4-3-5-8-17)23-21(19)18-9-6-10-22-12-18/h3-10,12,15H,2,11,13-14,16H2,1H3,(H,26,27). The topological polar surface area (TPSA) is 71.2 Å². The molecule has 0 bridgehead atoms. The zero-order valence-electron chi connectivity index (χ0n) is 15.5. The minimum atomic E-state index is -0.817. The molecule has 0 fully saturated rings. The number of aromatic nitrogens is 3. The van der Waals surface area contributed by atoms with Gasteiger partial charge in [-0.1, -0.05) is 37.3 Å². The Balaban J connectivity index is 1.91. The van der Waals surface area contributed by atoms with Crippen molar-refractivity contribution in [1.29, 1.82) is 0 Å². The maximum Gasteiger partial charge on any atom is 0.317 e. The summed E-state index contributed by atoms with van der Waals surface area (Å²) in [6, 6.07) is 14.0. The van der Waals surface area contributed by atoms with E-state index in [2.05, 4.69) is 24.0 Å². The average Bonchev–Trinajstić information content (AvgIpc) is 3.05. The van der Waals surface area contributed by atoms with Crippen LogP contribution in [0.15, 0.2) is 61.1 Å². The summed E-state index contributed by atoms with van der Waals surface area (Å²) in [5.41, 5.74) is 3.96. The number of carboxylic acid groups (broad SMARTS) is 1. The van der Waals surface area contributed by atoms with Crippen molar-refractivity contribution in [2.75, 3.05) is 13.1 Å². The maximum atomic E-state index is 11.2. The van der Waals surface area contributed by atoms with E-state index in [1.807, 2.05) is 46.1 Å². The van der Waals surface area contributed by atoms with Gasteiger partial charge in [0, 0.05) is 36.3 Å². The molecule has 0 saturated heterocycles. The molecule has 3 rings (SSSR count). The fourth-order valence-electron chi connectivity index (χ4n) is 3.14. The normalized spacial score (nSPS) is 11.0. The molecule has 0 saturated carbocycles. The van der Waals surface area contributed by atoms with Crippen molar-refractivity contribution in [2.24, 2.45) is 0 Å². The monoisotopic (exact) mass is 364 g/mol. The number of rotatable bonds is 9. The Morgan fingerprint density at radius 2 is 2.00 bits per heavy atom.